The van der Waals surface area contributed by atoms with Crippen molar-refractivity contribution in [2.75, 3.05) is 19.6 Å². The largest absolute Gasteiger partial charge is 0.488 e. The highest BCUT2D eigenvalue weighted by Gasteiger charge is 2.27. The summed E-state index contributed by atoms with van der Waals surface area (Å²) in [7, 11) is -8.44. The third kappa shape index (κ3) is 17.4. The lowest BCUT2D eigenvalue weighted by molar-refractivity contribution is -0.132. The molecule has 0 aromatic heterocycles. The maximum atomic E-state index is 14.2. The van der Waals surface area contributed by atoms with Gasteiger partial charge < -0.3 is 71.6 Å². The van der Waals surface area contributed by atoms with Crippen LogP contribution in [0.4, 0.5) is 8.78 Å². The van der Waals surface area contributed by atoms with E-state index >= 15 is 0 Å². The maximum Gasteiger partial charge on any atom is 0.488 e. The van der Waals surface area contributed by atoms with Gasteiger partial charge in [-0.3, -0.25) is 33.6 Å². The average Bonchev–Trinajstić information content (AvgIpc) is 3.33. The molecule has 21 nitrogen and oxygen atoms in total. The van der Waals surface area contributed by atoms with Crippen LogP contribution < -0.4 is 48.4 Å². The Morgan fingerprint density at radius 1 is 0.472 bits per heavy atom. The van der Waals surface area contributed by atoms with Crippen LogP contribution >= 0.6 is 0 Å². The minimum atomic E-state index is -2.12. The molecule has 0 heterocycles. The van der Waals surface area contributed by atoms with Crippen LogP contribution in [0, 0.1) is 11.6 Å². The van der Waals surface area contributed by atoms with E-state index in [2.05, 4.69) is 26.6 Å². The molecule has 0 aliphatic carbocycles. The number of aldehydes is 1. The molecule has 0 aliphatic heterocycles. The van der Waals surface area contributed by atoms with E-state index in [1.807, 2.05) is 0 Å². The normalized spacial score (nSPS) is 11.6. The van der Waals surface area contributed by atoms with Gasteiger partial charge in [0.2, 0.25) is 17.7 Å². The van der Waals surface area contributed by atoms with Crippen molar-refractivity contribution in [1.29, 1.82) is 0 Å². The summed E-state index contributed by atoms with van der Waals surface area (Å²) in [5.74, 6) is -7.14. The van der Waals surface area contributed by atoms with Gasteiger partial charge >= 0.3 is 28.5 Å². The van der Waals surface area contributed by atoms with Crippen molar-refractivity contribution in [3.8, 4) is 0 Å². The molecule has 27 heteroatoms. The van der Waals surface area contributed by atoms with Crippen LogP contribution in [-0.4, -0.2) is 148 Å². The van der Waals surface area contributed by atoms with Crippen LogP contribution in [-0.2, 0) is 19.2 Å². The molecule has 0 aliphatic rings. The van der Waals surface area contributed by atoms with E-state index in [9.17, 15) is 87.3 Å². The highest BCUT2D eigenvalue weighted by Crippen LogP contribution is 2.15. The number of carbonyl (C=O) groups excluding carboxylic acids is 8. The molecule has 0 radical (unpaired) electrons. The molecule has 378 valence electrons. The first kappa shape index (κ1) is 57.6. The van der Waals surface area contributed by atoms with E-state index in [0.29, 0.717) is 6.29 Å². The van der Waals surface area contributed by atoms with Crippen molar-refractivity contribution in [3.05, 3.63) is 118 Å². The molecular weight excluding hydrogens is 948 g/mol. The zero-order valence-corrected chi connectivity index (χ0v) is 38.6. The van der Waals surface area contributed by atoms with Crippen LogP contribution in [0.15, 0.2) is 72.8 Å². The summed E-state index contributed by atoms with van der Waals surface area (Å²) < 4.78 is 28.4. The number of hydrogen-bond acceptors (Lipinski definition) is 16. The van der Waals surface area contributed by atoms with Gasteiger partial charge in [0.1, 0.15) is 30.0 Å². The molecule has 4 aromatic rings. The van der Waals surface area contributed by atoms with E-state index in [0.717, 1.165) is 72.8 Å². The molecule has 4 rings (SSSR count). The zero-order chi connectivity index (χ0) is 53.2. The van der Waals surface area contributed by atoms with E-state index in [4.69, 9.17) is 0 Å². The first-order chi connectivity index (χ1) is 34.1. The summed E-state index contributed by atoms with van der Waals surface area (Å²) in [5.41, 5.74) is -2.64. The molecule has 0 spiro atoms. The molecule has 5 amide bonds. The second-order valence-corrected chi connectivity index (χ2v) is 16.5. The van der Waals surface area contributed by atoms with Gasteiger partial charge in [-0.05, 0) is 109 Å². The standard InChI is InChI=1S/C45H51B4F2N5O16/c1-25(58)55-39(8-3-5-10-53-43(62)31-14-27(16-33(20-31)47(67)68)41(60)29-18-35(49(71)72)24-37(51)22-29)45(64)56-38(44(63)54-11-6-12-57)7-2-4-9-52-42(61)30-13-26(15-32(19-30)46(65)66)40(59)28-17-34(48(69)70)23-36(50)21-28/h12-24,38-39,65-72H,2-11H2,1H3,(H,52,61)(H,53,62)(H,54,63)(H,55,58)(H,56,64). The lowest BCUT2D eigenvalue weighted by Crippen LogP contribution is -2.53. The summed E-state index contributed by atoms with van der Waals surface area (Å²) in [4.78, 5) is 103. The van der Waals surface area contributed by atoms with Crippen molar-refractivity contribution in [2.45, 2.75) is 64.0 Å². The molecule has 2 unspecified atom stereocenters. The quantitative estimate of drug-likeness (QED) is 0.0116. The summed E-state index contributed by atoms with van der Waals surface area (Å²) in [6.45, 7) is 1.09. The Morgan fingerprint density at radius 2 is 0.833 bits per heavy atom. The van der Waals surface area contributed by atoms with Gasteiger partial charge in [-0.25, -0.2) is 8.78 Å². The Morgan fingerprint density at radius 3 is 1.21 bits per heavy atom. The van der Waals surface area contributed by atoms with Gasteiger partial charge in [0.05, 0.1) is 0 Å². The third-order valence-corrected chi connectivity index (χ3v) is 10.8. The first-order valence-corrected chi connectivity index (χ1v) is 22.4. The second kappa shape index (κ2) is 27.6. The fourth-order valence-corrected chi connectivity index (χ4v) is 7.23. The number of halogens is 2. The molecule has 2 atom stereocenters. The average molecular weight is 999 g/mol. The second-order valence-electron chi connectivity index (χ2n) is 16.5. The van der Waals surface area contributed by atoms with Gasteiger partial charge in [0, 0.05) is 66.4 Å². The number of benzene rings is 4. The Hall–Kier alpha value is -6.96. The molecule has 0 saturated heterocycles. The van der Waals surface area contributed by atoms with E-state index in [1.54, 1.807) is 0 Å². The highest BCUT2D eigenvalue weighted by molar-refractivity contribution is 6.60. The lowest BCUT2D eigenvalue weighted by atomic mass is 9.77. The van der Waals surface area contributed by atoms with Crippen LogP contribution in [0.3, 0.4) is 0 Å². The number of amides is 5. The Balaban J connectivity index is 1.36. The van der Waals surface area contributed by atoms with Gasteiger partial charge in [0.15, 0.2) is 11.6 Å². The predicted molar refractivity (Wildman–Crippen MR) is 257 cm³/mol. The van der Waals surface area contributed by atoms with Crippen LogP contribution in [0.2, 0.25) is 0 Å². The third-order valence-electron chi connectivity index (χ3n) is 10.8. The smallest absolute Gasteiger partial charge is 0.423 e. The monoisotopic (exact) mass is 999 g/mol. The van der Waals surface area contributed by atoms with E-state index in [-0.39, 0.29) is 120 Å². The number of nitrogens with one attached hydrogen (secondary N) is 5. The molecule has 13 N–H and O–H groups in total. The van der Waals surface area contributed by atoms with E-state index < -0.39 is 93.3 Å². The van der Waals surface area contributed by atoms with Crippen LogP contribution in [0.1, 0.15) is 104 Å². The zero-order valence-electron chi connectivity index (χ0n) is 38.6. The number of ketones is 2. The molecule has 0 saturated carbocycles. The van der Waals surface area contributed by atoms with Crippen molar-refractivity contribution < 1.29 is 87.3 Å². The maximum absolute atomic E-state index is 14.2. The molecular formula is C45H51B4F2N5O16. The lowest BCUT2D eigenvalue weighted by Gasteiger charge is -2.23. The van der Waals surface area contributed by atoms with Gasteiger partial charge in [-0.15, -0.1) is 0 Å². The summed E-state index contributed by atoms with van der Waals surface area (Å²) in [6, 6.07) is 9.54. The summed E-state index contributed by atoms with van der Waals surface area (Å²) in [6.07, 6.45) is 1.46. The topological polar surface area (TPSA) is 359 Å². The Labute approximate surface area is 412 Å². The minimum absolute atomic E-state index is 0.00718. The molecule has 0 fully saturated rings. The Bertz CT molecular complexity index is 2650. The minimum Gasteiger partial charge on any atom is -0.423 e. The van der Waals surface area contributed by atoms with Crippen molar-refractivity contribution >= 4 is 97.7 Å². The number of unbranched alkanes of at least 4 members (excludes halogenated alkanes) is 2. The van der Waals surface area contributed by atoms with Gasteiger partial charge in [0.25, 0.3) is 11.8 Å². The number of carbonyl (C=O) groups is 8. The fourth-order valence-electron chi connectivity index (χ4n) is 7.23. The van der Waals surface area contributed by atoms with Crippen molar-refractivity contribution in [2.24, 2.45) is 0 Å². The van der Waals surface area contributed by atoms with Gasteiger partial charge in [-0.2, -0.15) is 0 Å². The first-order valence-electron chi connectivity index (χ1n) is 22.4. The molecule has 4 aromatic carbocycles. The van der Waals surface area contributed by atoms with Crippen molar-refractivity contribution in [3.63, 3.8) is 0 Å². The summed E-state index contributed by atoms with van der Waals surface area (Å²) >= 11 is 0. The van der Waals surface area contributed by atoms with Crippen LogP contribution in [0.25, 0.3) is 0 Å². The van der Waals surface area contributed by atoms with E-state index in [1.165, 1.54) is 6.92 Å². The van der Waals surface area contributed by atoms with Crippen LogP contribution in [0.5, 0.6) is 0 Å². The van der Waals surface area contributed by atoms with Gasteiger partial charge in [-0.1, -0.05) is 24.3 Å². The number of rotatable bonds is 27. The fraction of sp³-hybridized carbons (Fsp3) is 0.289. The SMILES string of the molecule is CC(=O)NC(CCCCNC(=O)c1cc(B(O)O)cc(C(=O)c2cc(F)cc(B(O)O)c2)c1)C(=O)NC(CCCCNC(=O)c1cc(B(O)O)cc(C(=O)c2cc(F)cc(B(O)O)c2)c1)C(=O)NCCC=O. The summed E-state index contributed by atoms with van der Waals surface area (Å²) in [5, 5.41) is 90.2. The predicted octanol–water partition coefficient (Wildman–Crippen LogP) is -4.66. The Kier molecular flexibility index (Phi) is 22.1. The molecule has 72 heavy (non-hydrogen) atoms. The van der Waals surface area contributed by atoms with Crippen molar-refractivity contribution in [1.82, 2.24) is 26.6 Å². The number of hydrogen-bond donors (Lipinski definition) is 13. The molecule has 0 bridgehead atoms. The highest BCUT2D eigenvalue weighted by atomic mass is 19.1.